The number of benzene rings is 2. The van der Waals surface area contributed by atoms with Gasteiger partial charge in [-0.15, -0.1) is 0 Å². The minimum Gasteiger partial charge on any atom is -0.496 e. The number of hydrogen-bond acceptors (Lipinski definition) is 2. The maximum absolute atomic E-state index is 12.8. The van der Waals surface area contributed by atoms with Crippen LogP contribution in [0, 0.1) is 0 Å². The van der Waals surface area contributed by atoms with Gasteiger partial charge in [-0.2, -0.15) is 0 Å². The number of nitrogens with zero attached hydrogens (tertiary/aromatic N) is 1. The van der Waals surface area contributed by atoms with E-state index in [0.717, 1.165) is 29.8 Å². The summed E-state index contributed by atoms with van der Waals surface area (Å²) in [6.45, 7) is 0.751. The second kappa shape index (κ2) is 5.60. The van der Waals surface area contributed by atoms with Gasteiger partial charge in [0.2, 0.25) is 5.91 Å². The molecule has 1 heterocycles. The average molecular weight is 281 g/mol. The van der Waals surface area contributed by atoms with Crippen molar-refractivity contribution in [2.24, 2.45) is 0 Å². The molecule has 0 aliphatic carbocycles. The van der Waals surface area contributed by atoms with Gasteiger partial charge < -0.3 is 9.64 Å². The Morgan fingerprint density at radius 1 is 1.05 bits per heavy atom. The average Bonchev–Trinajstić information content (AvgIpc) is 2.65. The van der Waals surface area contributed by atoms with Gasteiger partial charge in [-0.05, 0) is 23.6 Å². The van der Waals surface area contributed by atoms with E-state index in [2.05, 4.69) is 12.1 Å². The van der Waals surface area contributed by atoms with Crippen LogP contribution in [-0.4, -0.2) is 31.5 Å². The molecule has 21 heavy (non-hydrogen) atoms. The second-order valence-electron chi connectivity index (χ2n) is 5.38. The zero-order chi connectivity index (χ0) is 14.8. The summed E-state index contributed by atoms with van der Waals surface area (Å²) in [5, 5.41) is 0. The van der Waals surface area contributed by atoms with Crippen molar-refractivity contribution in [3.05, 3.63) is 65.2 Å². The molecule has 1 amide bonds. The molecule has 0 N–H and O–H groups in total. The Bertz CT molecular complexity index is 666. The summed E-state index contributed by atoms with van der Waals surface area (Å²) < 4.78 is 5.47. The number of ether oxygens (including phenoxy) is 1. The highest BCUT2D eigenvalue weighted by molar-refractivity contribution is 5.88. The van der Waals surface area contributed by atoms with Crippen LogP contribution in [0.5, 0.6) is 5.75 Å². The van der Waals surface area contributed by atoms with Gasteiger partial charge in [-0.25, -0.2) is 0 Å². The summed E-state index contributed by atoms with van der Waals surface area (Å²) in [5.74, 6) is 0.607. The van der Waals surface area contributed by atoms with E-state index in [0.29, 0.717) is 0 Å². The van der Waals surface area contributed by atoms with Crippen molar-refractivity contribution >= 4 is 5.91 Å². The lowest BCUT2D eigenvalue weighted by molar-refractivity contribution is -0.130. The molecule has 0 saturated carbocycles. The number of methoxy groups -OCH3 is 1. The molecule has 0 saturated heterocycles. The molecule has 0 aromatic heterocycles. The third-order valence-corrected chi connectivity index (χ3v) is 4.16. The Hall–Kier alpha value is -2.29. The maximum Gasteiger partial charge on any atom is 0.234 e. The van der Waals surface area contributed by atoms with E-state index in [1.54, 1.807) is 7.11 Å². The van der Waals surface area contributed by atoms with E-state index in [-0.39, 0.29) is 11.8 Å². The summed E-state index contributed by atoms with van der Waals surface area (Å²) in [6.07, 6.45) is 0.893. The van der Waals surface area contributed by atoms with Crippen LogP contribution in [0.3, 0.4) is 0 Å². The molecule has 3 rings (SSSR count). The molecule has 0 fully saturated rings. The van der Waals surface area contributed by atoms with E-state index >= 15 is 0 Å². The van der Waals surface area contributed by atoms with Crippen LogP contribution in [0.1, 0.15) is 22.6 Å². The molecule has 0 bridgehead atoms. The van der Waals surface area contributed by atoms with Gasteiger partial charge in [0.05, 0.1) is 13.0 Å². The molecule has 1 aliphatic heterocycles. The molecular formula is C18H19NO2. The molecule has 0 spiro atoms. The zero-order valence-corrected chi connectivity index (χ0v) is 12.4. The molecular weight excluding hydrogens is 262 g/mol. The summed E-state index contributed by atoms with van der Waals surface area (Å²) in [5.41, 5.74) is 3.27. The van der Waals surface area contributed by atoms with E-state index in [1.165, 1.54) is 5.56 Å². The third-order valence-electron chi connectivity index (χ3n) is 4.16. The summed E-state index contributed by atoms with van der Waals surface area (Å²) in [6, 6.07) is 16.0. The molecule has 1 atom stereocenters. The Morgan fingerprint density at radius 3 is 2.48 bits per heavy atom. The van der Waals surface area contributed by atoms with E-state index in [4.69, 9.17) is 4.74 Å². The fourth-order valence-corrected chi connectivity index (χ4v) is 3.00. The first-order valence-electron chi connectivity index (χ1n) is 7.18. The van der Waals surface area contributed by atoms with Gasteiger partial charge in [-0.1, -0.05) is 42.5 Å². The van der Waals surface area contributed by atoms with Gasteiger partial charge in [0.1, 0.15) is 5.75 Å². The van der Waals surface area contributed by atoms with Crippen molar-refractivity contribution in [1.82, 2.24) is 4.90 Å². The van der Waals surface area contributed by atoms with Crippen molar-refractivity contribution in [2.75, 3.05) is 20.7 Å². The largest absolute Gasteiger partial charge is 0.496 e. The predicted molar refractivity (Wildman–Crippen MR) is 82.6 cm³/mol. The van der Waals surface area contributed by atoms with E-state index < -0.39 is 0 Å². The highest BCUT2D eigenvalue weighted by Crippen LogP contribution is 2.36. The number of fused-ring (bicyclic) bond motifs is 1. The molecule has 0 unspecified atom stereocenters. The maximum atomic E-state index is 12.8. The number of carbonyl (C=O) groups is 1. The SMILES string of the molecule is COc1ccccc1[C@@H]1C(=O)N(C)CCc2ccccc21. The number of para-hydroxylation sites is 1. The van der Waals surface area contributed by atoms with Gasteiger partial charge in [0.25, 0.3) is 0 Å². The minimum atomic E-state index is -0.287. The van der Waals surface area contributed by atoms with E-state index in [9.17, 15) is 4.79 Å². The number of hydrogen-bond donors (Lipinski definition) is 0. The van der Waals surface area contributed by atoms with Crippen LogP contribution < -0.4 is 4.74 Å². The fraction of sp³-hybridized carbons (Fsp3) is 0.278. The molecule has 3 heteroatoms. The molecule has 3 nitrogen and oxygen atoms in total. The molecule has 1 aliphatic rings. The molecule has 108 valence electrons. The summed E-state index contributed by atoms with van der Waals surface area (Å²) in [7, 11) is 3.52. The highest BCUT2D eigenvalue weighted by Gasteiger charge is 2.32. The zero-order valence-electron chi connectivity index (χ0n) is 12.4. The van der Waals surface area contributed by atoms with Crippen molar-refractivity contribution in [2.45, 2.75) is 12.3 Å². The second-order valence-corrected chi connectivity index (χ2v) is 5.38. The van der Waals surface area contributed by atoms with Gasteiger partial charge in [-0.3, -0.25) is 4.79 Å². The number of likely N-dealkylation sites (N-methyl/N-ethyl adjacent to an activating group) is 1. The predicted octanol–water partition coefficient (Wildman–Crippen LogP) is 2.84. The van der Waals surface area contributed by atoms with Crippen LogP contribution in [0.25, 0.3) is 0 Å². The monoisotopic (exact) mass is 281 g/mol. The normalized spacial score (nSPS) is 18.1. The Balaban J connectivity index is 2.19. The van der Waals surface area contributed by atoms with Crippen molar-refractivity contribution in [1.29, 1.82) is 0 Å². The van der Waals surface area contributed by atoms with Crippen LogP contribution in [-0.2, 0) is 11.2 Å². The lowest BCUT2D eigenvalue weighted by atomic mass is 9.87. The first-order chi connectivity index (χ1) is 10.2. The fourth-order valence-electron chi connectivity index (χ4n) is 3.00. The molecule has 2 aromatic carbocycles. The minimum absolute atomic E-state index is 0.129. The molecule has 2 aromatic rings. The van der Waals surface area contributed by atoms with Gasteiger partial charge in [0.15, 0.2) is 0 Å². The Morgan fingerprint density at radius 2 is 1.71 bits per heavy atom. The Labute approximate surface area is 125 Å². The summed E-state index contributed by atoms with van der Waals surface area (Å²) >= 11 is 0. The lowest BCUT2D eigenvalue weighted by Crippen LogP contribution is -2.31. The van der Waals surface area contributed by atoms with Gasteiger partial charge >= 0.3 is 0 Å². The van der Waals surface area contributed by atoms with Crippen LogP contribution in [0.15, 0.2) is 48.5 Å². The van der Waals surface area contributed by atoms with Gasteiger partial charge in [0, 0.05) is 19.2 Å². The van der Waals surface area contributed by atoms with E-state index in [1.807, 2.05) is 48.3 Å². The van der Waals surface area contributed by atoms with Crippen LogP contribution in [0.4, 0.5) is 0 Å². The first-order valence-corrected chi connectivity index (χ1v) is 7.18. The first kappa shape index (κ1) is 13.7. The Kier molecular flexibility index (Phi) is 3.65. The van der Waals surface area contributed by atoms with Crippen LogP contribution in [0.2, 0.25) is 0 Å². The number of carbonyl (C=O) groups excluding carboxylic acids is 1. The number of amides is 1. The highest BCUT2D eigenvalue weighted by atomic mass is 16.5. The van der Waals surface area contributed by atoms with Crippen LogP contribution >= 0.6 is 0 Å². The van der Waals surface area contributed by atoms with Crippen molar-refractivity contribution < 1.29 is 9.53 Å². The van der Waals surface area contributed by atoms with Crippen molar-refractivity contribution in [3.63, 3.8) is 0 Å². The smallest absolute Gasteiger partial charge is 0.234 e. The standard InChI is InChI=1S/C18H19NO2/c1-19-12-11-13-7-3-4-8-14(13)17(18(19)20)15-9-5-6-10-16(15)21-2/h3-10,17H,11-12H2,1-2H3/t17-/m1/s1. The lowest BCUT2D eigenvalue weighted by Gasteiger charge is -2.22. The quantitative estimate of drug-likeness (QED) is 0.847. The number of rotatable bonds is 2. The topological polar surface area (TPSA) is 29.5 Å². The third kappa shape index (κ3) is 2.40. The molecule has 0 radical (unpaired) electrons. The van der Waals surface area contributed by atoms with Crippen molar-refractivity contribution in [3.8, 4) is 5.75 Å². The summed E-state index contributed by atoms with van der Waals surface area (Å²) in [4.78, 5) is 14.7.